The van der Waals surface area contributed by atoms with E-state index in [9.17, 15) is 25.3 Å². The molecule has 0 aliphatic rings. The minimum absolute atomic E-state index is 0.0730. The Bertz CT molecular complexity index is 3440. The summed E-state index contributed by atoms with van der Waals surface area (Å²) in [5, 5.41) is 27.4. The summed E-state index contributed by atoms with van der Waals surface area (Å²) in [6.07, 6.45) is 2.99. The molecule has 0 heterocycles. The van der Waals surface area contributed by atoms with Crippen LogP contribution in [-0.4, -0.2) is 83.4 Å². The van der Waals surface area contributed by atoms with E-state index in [2.05, 4.69) is 150 Å². The van der Waals surface area contributed by atoms with E-state index in [1.807, 2.05) is 78.9 Å². The second kappa shape index (κ2) is 42.5. The van der Waals surface area contributed by atoms with Crippen molar-refractivity contribution in [3.63, 3.8) is 0 Å². The van der Waals surface area contributed by atoms with E-state index in [-0.39, 0.29) is 31.0 Å². The topological polar surface area (TPSA) is 280 Å². The van der Waals surface area contributed by atoms with Gasteiger partial charge in [0.1, 0.15) is 0 Å². The van der Waals surface area contributed by atoms with Crippen molar-refractivity contribution in [2.45, 2.75) is 40.4 Å². The second-order valence-electron chi connectivity index (χ2n) is 16.5. The molecule has 0 fully saturated rings. The number of aliphatic hydroxyl groups is 2. The molecular formula is C57H56Br4Cl2IN2O14S5-. The van der Waals surface area contributed by atoms with Crippen molar-refractivity contribution in [2.75, 3.05) is 26.3 Å². The summed E-state index contributed by atoms with van der Waals surface area (Å²) in [7, 11) is -4.20. The maximum atomic E-state index is 12.1. The van der Waals surface area contributed by atoms with Crippen molar-refractivity contribution in [1.82, 2.24) is 4.72 Å². The van der Waals surface area contributed by atoms with Crippen LogP contribution < -0.4 is 10.5 Å². The van der Waals surface area contributed by atoms with Gasteiger partial charge in [-0.2, -0.15) is 8.42 Å². The van der Waals surface area contributed by atoms with E-state index >= 15 is 0 Å². The molecule has 16 nitrogen and oxygen atoms in total. The Morgan fingerprint density at radius 3 is 1.06 bits per heavy atom. The lowest BCUT2D eigenvalue weighted by Crippen LogP contribution is -2.24. The summed E-state index contributed by atoms with van der Waals surface area (Å²) >= 11 is 19.4. The van der Waals surface area contributed by atoms with Crippen LogP contribution in [0.25, 0.3) is 44.5 Å². The lowest BCUT2D eigenvalue weighted by molar-refractivity contribution is -0.446. The molecule has 0 bridgehead atoms. The summed E-state index contributed by atoms with van der Waals surface area (Å²) < 4.78 is 101. The van der Waals surface area contributed by atoms with Gasteiger partial charge in [-0.05, 0) is 190 Å². The Balaban J connectivity index is 0.000000359. The molecular weight excluding hydrogens is 1610 g/mol. The molecule has 85 heavy (non-hydrogen) atoms. The number of nitrogens with two attached hydrogens (primary N) is 1. The van der Waals surface area contributed by atoms with Crippen LogP contribution in [0.5, 0.6) is 0 Å². The smallest absolute Gasteiger partial charge is 0.294 e. The molecule has 7 N–H and O–H groups in total. The van der Waals surface area contributed by atoms with Crippen LogP contribution in [0, 0.1) is 0 Å². The third-order valence-corrected chi connectivity index (χ3v) is 16.6. The van der Waals surface area contributed by atoms with Crippen LogP contribution in [0.4, 0.5) is 0 Å². The predicted octanol–water partition coefficient (Wildman–Crippen LogP) is 15.6. The van der Waals surface area contributed by atoms with E-state index < -0.39 is 39.5 Å². The van der Waals surface area contributed by atoms with Crippen molar-refractivity contribution in [3.8, 4) is 44.5 Å². The normalized spacial score (nSPS) is 11.0. The molecule has 0 saturated heterocycles. The second-order valence-corrected chi connectivity index (χ2v) is 29.2. The number of benzene rings is 8. The van der Waals surface area contributed by atoms with Gasteiger partial charge in [0, 0.05) is 81.2 Å². The van der Waals surface area contributed by atoms with Gasteiger partial charge >= 0.3 is 0 Å². The van der Waals surface area contributed by atoms with E-state index in [4.69, 9.17) is 45.2 Å². The molecule has 8 aromatic rings. The minimum atomic E-state index is -4.12. The van der Waals surface area contributed by atoms with Crippen LogP contribution in [0.2, 0.25) is 0 Å². The number of thiocarbonyl (C=S) groups is 1. The zero-order valence-electron chi connectivity index (χ0n) is 44.3. The Kier molecular flexibility index (Phi) is 38.8. The van der Waals surface area contributed by atoms with Crippen LogP contribution in [0.3, 0.4) is 0 Å². The largest absolute Gasteiger partial charge is 0.760 e. The Morgan fingerprint density at radius 1 is 0.529 bits per heavy atom. The van der Waals surface area contributed by atoms with Gasteiger partial charge in [-0.15, -0.1) is 0 Å². The highest BCUT2D eigenvalue weighted by Gasteiger charge is 2.14. The monoisotopic (exact) mass is 1660 g/mol. The fourth-order valence-electron chi connectivity index (χ4n) is 6.47. The third kappa shape index (κ3) is 33.6. The van der Waals surface area contributed by atoms with Gasteiger partial charge in [-0.1, -0.05) is 179 Å². The van der Waals surface area contributed by atoms with E-state index in [1.165, 1.54) is 35.4 Å². The molecule has 0 radical (unpaired) electrons. The first kappa shape index (κ1) is 77.7. The van der Waals surface area contributed by atoms with Crippen molar-refractivity contribution in [1.29, 1.82) is 0 Å². The van der Waals surface area contributed by atoms with Gasteiger partial charge in [0.15, 0.2) is 0 Å². The number of rotatable bonds is 16. The lowest BCUT2D eigenvalue weighted by atomic mass is 10.1. The number of hydrogen-bond donors (Lipinski definition) is 6. The highest BCUT2D eigenvalue weighted by molar-refractivity contribution is 14.1. The lowest BCUT2D eigenvalue weighted by Gasteiger charge is -2.08. The molecule has 8 rings (SSSR count). The maximum absolute atomic E-state index is 12.1. The van der Waals surface area contributed by atoms with E-state index in [0.717, 1.165) is 64.1 Å². The fourth-order valence-corrected chi connectivity index (χ4v) is 9.96. The van der Waals surface area contributed by atoms with Crippen LogP contribution >= 0.6 is 120 Å². The summed E-state index contributed by atoms with van der Waals surface area (Å²) in [5.74, 6) is 0. The number of hydrogen-bond acceptors (Lipinski definition) is 15. The molecule has 1 unspecified atom stereocenters. The van der Waals surface area contributed by atoms with E-state index in [0.29, 0.717) is 25.9 Å². The number of sulfonamides is 1. The molecule has 458 valence electrons. The van der Waals surface area contributed by atoms with E-state index in [1.54, 1.807) is 71.1 Å². The number of nitrogens with one attached hydrogen (secondary N) is 1. The highest BCUT2D eigenvalue weighted by atomic mass is 127. The molecule has 0 spiro atoms. The first-order valence-corrected chi connectivity index (χ1v) is 36.2. The number of aliphatic hydroxyl groups excluding tert-OH is 2. The minimum Gasteiger partial charge on any atom is -0.760 e. The van der Waals surface area contributed by atoms with Gasteiger partial charge < -0.3 is 20.5 Å². The van der Waals surface area contributed by atoms with Gasteiger partial charge in [0.2, 0.25) is 10.0 Å². The summed E-state index contributed by atoms with van der Waals surface area (Å²) in [4.78, 5) is 4.08. The zero-order chi connectivity index (χ0) is 63.4. The third-order valence-electron chi connectivity index (χ3n) is 10.5. The zero-order valence-corrected chi connectivity index (χ0v) is 58.4. The SMILES string of the molecule is Brc1ccc(-c2ccccc2)cc1.NCCCCO.O=S(=O)(Cl)c1ccc(-c2ccc(Br)cc2)cc1.O=S(=O)(NCCCCO)c1ccc(-c2ccc(Br)cc2)cc1.O=S(=O)(O)c1ccc(-c2ccc(Br)cc2)cc1.O=S([O-])Cl.OOOC(=S)I. The van der Waals surface area contributed by atoms with Gasteiger partial charge in [-0.3, -0.25) is 13.6 Å². The predicted molar refractivity (Wildman–Crippen MR) is 364 cm³/mol. The molecule has 0 aliphatic heterocycles. The number of halogens is 7. The summed E-state index contributed by atoms with van der Waals surface area (Å²) in [6.45, 7) is 1.37. The first-order valence-electron chi connectivity index (χ1n) is 24.4. The molecule has 0 saturated carbocycles. The van der Waals surface area contributed by atoms with Crippen LogP contribution in [0.15, 0.2) is 233 Å². The molecule has 0 aromatic heterocycles. The number of unbranched alkanes of at least 4 members (excludes halogenated alkanes) is 2. The van der Waals surface area contributed by atoms with Crippen LogP contribution in [0.1, 0.15) is 25.7 Å². The van der Waals surface area contributed by atoms with Crippen molar-refractivity contribution >= 4 is 162 Å². The average Bonchev–Trinajstić information content (AvgIpc) is 3.58. The molecule has 0 aliphatic carbocycles. The Labute approximate surface area is 560 Å². The molecule has 8 aromatic carbocycles. The first-order chi connectivity index (χ1) is 40.2. The maximum Gasteiger partial charge on any atom is 0.294 e. The average molecular weight is 1670 g/mol. The molecule has 0 amide bonds. The van der Waals surface area contributed by atoms with Gasteiger partial charge in [-0.25, -0.2) is 26.8 Å². The highest BCUT2D eigenvalue weighted by Crippen LogP contribution is 2.27. The van der Waals surface area contributed by atoms with Crippen molar-refractivity contribution < 1.29 is 64.0 Å². The van der Waals surface area contributed by atoms with Crippen LogP contribution in [-0.2, 0) is 49.4 Å². The summed E-state index contributed by atoms with van der Waals surface area (Å²) in [6, 6.07) is 61.3. The quantitative estimate of drug-likeness (QED) is 0.00766. The Morgan fingerprint density at radius 2 is 0.812 bits per heavy atom. The van der Waals surface area contributed by atoms with Crippen molar-refractivity contribution in [3.05, 3.63) is 218 Å². The Hall–Kier alpha value is -3.44. The fraction of sp³-hybridized carbons (Fsp3) is 0.140. The van der Waals surface area contributed by atoms with Crippen molar-refractivity contribution in [2.24, 2.45) is 5.73 Å². The standard InChI is InChI=1S/C16H18BrNO3S.C12H8BrClO2S.C12H9BrO3S.C12H9Br.C4H11NO.CHIO3S.ClHO2S/c17-15-7-3-13(4-8-15)14-5-9-16(10-6-14)22(20,21)18-11-1-2-12-19;2*13-11-5-1-9(2-6-11)10-3-7-12(8-4-10)17(14,15)16;13-12-8-6-11(7-9-12)10-4-2-1-3-5-10;5-3-1-2-4-6;2-1(6)4-5-3;1-4(2)3/h3-10,18-19H,1-2,11-12H2;1-8H;1-8H,(H,14,15,16);1-9H;6H,1-5H2;3H;(H,2,3)/p-1. The molecule has 28 heteroatoms. The van der Waals surface area contributed by atoms with Gasteiger partial charge in [0.05, 0.1) is 14.7 Å². The van der Waals surface area contributed by atoms with Gasteiger partial charge in [0.25, 0.3) is 22.2 Å². The molecule has 1 atom stereocenters. The summed E-state index contributed by atoms with van der Waals surface area (Å²) in [5.41, 5.74) is 13.5.